The maximum absolute atomic E-state index is 11.5. The molecule has 0 radical (unpaired) electrons. The van der Waals surface area contributed by atoms with Crippen molar-refractivity contribution in [2.45, 2.75) is 37.8 Å². The van der Waals surface area contributed by atoms with E-state index < -0.39 is 12.1 Å². The fourth-order valence-corrected chi connectivity index (χ4v) is 2.13. The van der Waals surface area contributed by atoms with Crippen LogP contribution in [0.5, 0.6) is 0 Å². The molecule has 17 heavy (non-hydrogen) atoms. The van der Waals surface area contributed by atoms with E-state index in [1.54, 1.807) is 4.90 Å². The number of amides is 1. The molecule has 0 aromatic carbocycles. The molecule has 3 aliphatic rings. The number of fused-ring (bicyclic) bond motifs is 1. The minimum atomic E-state index is -0.642. The van der Waals surface area contributed by atoms with Gasteiger partial charge in [-0.3, -0.25) is 14.7 Å². The van der Waals surface area contributed by atoms with Crippen molar-refractivity contribution in [3.8, 4) is 0 Å². The minimum Gasteiger partial charge on any atom is -0.390 e. The van der Waals surface area contributed by atoms with Crippen LogP contribution in [0.3, 0.4) is 0 Å². The third kappa shape index (κ3) is 1.58. The van der Waals surface area contributed by atoms with E-state index in [0.717, 1.165) is 0 Å². The van der Waals surface area contributed by atoms with Crippen molar-refractivity contribution in [1.82, 2.24) is 4.90 Å². The van der Waals surface area contributed by atoms with Crippen molar-refractivity contribution in [3.63, 3.8) is 0 Å². The van der Waals surface area contributed by atoms with E-state index in [4.69, 9.17) is 4.74 Å². The van der Waals surface area contributed by atoms with Crippen LogP contribution in [0, 0.1) is 0 Å². The number of ether oxygens (including phenoxy) is 1. The second kappa shape index (κ2) is 3.71. The third-order valence-corrected chi connectivity index (χ3v) is 3.13. The van der Waals surface area contributed by atoms with Gasteiger partial charge in [0.1, 0.15) is 18.4 Å². The first kappa shape index (κ1) is 10.5. The molecule has 1 amide bonds. The summed E-state index contributed by atoms with van der Waals surface area (Å²) >= 11 is 0. The summed E-state index contributed by atoms with van der Waals surface area (Å²) in [5, 5.41) is 9.65. The highest BCUT2D eigenvalue weighted by Crippen LogP contribution is 2.26. The van der Waals surface area contributed by atoms with Crippen LogP contribution in [0.2, 0.25) is 0 Å². The number of nitrogens with zero attached hydrogens (tertiary/aromatic N) is 4. The predicted molar refractivity (Wildman–Crippen MR) is 60.0 cm³/mol. The maximum atomic E-state index is 11.5. The van der Waals surface area contributed by atoms with Gasteiger partial charge in [0.2, 0.25) is 0 Å². The first-order valence-electron chi connectivity index (χ1n) is 5.46. The van der Waals surface area contributed by atoms with Crippen molar-refractivity contribution in [1.29, 1.82) is 0 Å². The standard InChI is InChI=1S/C10H12N4O3/c1-5-6(15)2-7(17-5)14-4-13-8-9(14)11-3-12-10(8)16/h3-8,15H,2H2,1H3/t5-,6+,7-,8?/m1/s1. The Morgan fingerprint density at radius 3 is 3.12 bits per heavy atom. The van der Waals surface area contributed by atoms with Gasteiger partial charge in [0.25, 0.3) is 5.91 Å². The Hall–Kier alpha value is -1.60. The van der Waals surface area contributed by atoms with Gasteiger partial charge in [-0.1, -0.05) is 0 Å². The number of carbonyl (C=O) groups is 1. The summed E-state index contributed by atoms with van der Waals surface area (Å²) < 4.78 is 5.59. The lowest BCUT2D eigenvalue weighted by molar-refractivity contribution is -0.117. The van der Waals surface area contributed by atoms with Crippen LogP contribution in [0.4, 0.5) is 0 Å². The molecule has 90 valence electrons. The summed E-state index contributed by atoms with van der Waals surface area (Å²) in [7, 11) is 0. The number of hydrogen-bond acceptors (Lipinski definition) is 6. The number of amidine groups is 1. The molecule has 4 atom stereocenters. The van der Waals surface area contributed by atoms with Gasteiger partial charge in [0.15, 0.2) is 6.04 Å². The van der Waals surface area contributed by atoms with E-state index in [9.17, 15) is 9.90 Å². The molecule has 1 unspecified atom stereocenters. The van der Waals surface area contributed by atoms with Crippen LogP contribution in [-0.4, -0.2) is 58.9 Å². The second-order valence-electron chi connectivity index (χ2n) is 4.24. The maximum Gasteiger partial charge on any atom is 0.279 e. The van der Waals surface area contributed by atoms with E-state index in [1.165, 1.54) is 12.7 Å². The molecule has 3 heterocycles. The molecule has 0 spiro atoms. The van der Waals surface area contributed by atoms with Crippen LogP contribution in [0.25, 0.3) is 0 Å². The summed E-state index contributed by atoms with van der Waals surface area (Å²) in [6.07, 6.45) is 2.20. The summed E-state index contributed by atoms with van der Waals surface area (Å²) in [5.74, 6) is 0.205. The van der Waals surface area contributed by atoms with Crippen molar-refractivity contribution in [2.24, 2.45) is 15.0 Å². The van der Waals surface area contributed by atoms with Crippen LogP contribution in [-0.2, 0) is 9.53 Å². The largest absolute Gasteiger partial charge is 0.390 e. The van der Waals surface area contributed by atoms with Crippen LogP contribution < -0.4 is 0 Å². The van der Waals surface area contributed by atoms with Crippen molar-refractivity contribution >= 4 is 24.4 Å². The van der Waals surface area contributed by atoms with Gasteiger partial charge in [-0.05, 0) is 6.92 Å². The van der Waals surface area contributed by atoms with E-state index in [-0.39, 0.29) is 18.2 Å². The molecule has 0 saturated carbocycles. The highest BCUT2D eigenvalue weighted by molar-refractivity contribution is 6.19. The number of aliphatic imine (C=N–C) groups is 3. The van der Waals surface area contributed by atoms with Gasteiger partial charge in [0.05, 0.1) is 18.5 Å². The Labute approximate surface area is 97.5 Å². The number of carbonyl (C=O) groups excluding carboxylic acids is 1. The second-order valence-corrected chi connectivity index (χ2v) is 4.24. The van der Waals surface area contributed by atoms with Gasteiger partial charge in [0, 0.05) is 6.42 Å². The van der Waals surface area contributed by atoms with Gasteiger partial charge < -0.3 is 9.84 Å². The van der Waals surface area contributed by atoms with Crippen molar-refractivity contribution < 1.29 is 14.6 Å². The highest BCUT2D eigenvalue weighted by atomic mass is 16.5. The predicted octanol–water partition coefficient (Wildman–Crippen LogP) is -0.838. The molecule has 1 N–H and O–H groups in total. The van der Waals surface area contributed by atoms with E-state index in [0.29, 0.717) is 12.3 Å². The van der Waals surface area contributed by atoms with Crippen LogP contribution >= 0.6 is 0 Å². The molecule has 7 heteroatoms. The van der Waals surface area contributed by atoms with Gasteiger partial charge in [-0.2, -0.15) is 4.99 Å². The molecule has 7 nitrogen and oxygen atoms in total. The van der Waals surface area contributed by atoms with Gasteiger partial charge >= 0.3 is 0 Å². The molecule has 0 aromatic heterocycles. The smallest absolute Gasteiger partial charge is 0.279 e. The SMILES string of the molecule is C[C@H]1O[C@@H](N2C=NC3C(=O)N=CN=C32)C[C@@H]1O. The van der Waals surface area contributed by atoms with Crippen LogP contribution in [0.15, 0.2) is 15.0 Å². The summed E-state index contributed by atoms with van der Waals surface area (Å²) in [5.41, 5.74) is 0. The highest BCUT2D eigenvalue weighted by Gasteiger charge is 2.42. The number of aliphatic hydroxyl groups is 1. The number of aliphatic hydroxyl groups excluding tert-OH is 1. The van der Waals surface area contributed by atoms with E-state index in [1.807, 2.05) is 6.92 Å². The molecular weight excluding hydrogens is 224 g/mol. The van der Waals surface area contributed by atoms with Gasteiger partial charge in [-0.25, -0.2) is 4.99 Å². The lowest BCUT2D eigenvalue weighted by Gasteiger charge is -2.24. The Morgan fingerprint density at radius 1 is 1.59 bits per heavy atom. The summed E-state index contributed by atoms with van der Waals surface area (Å²) in [6, 6.07) is -0.642. The topological polar surface area (TPSA) is 86.9 Å². The average Bonchev–Trinajstić information content (AvgIpc) is 2.85. The Balaban J connectivity index is 1.82. The monoisotopic (exact) mass is 236 g/mol. The molecular formula is C10H12N4O3. The van der Waals surface area contributed by atoms with Gasteiger partial charge in [-0.15, -0.1) is 0 Å². The molecule has 0 aliphatic carbocycles. The quantitative estimate of drug-likeness (QED) is 0.643. The molecule has 0 aromatic rings. The van der Waals surface area contributed by atoms with Crippen LogP contribution in [0.1, 0.15) is 13.3 Å². The first-order chi connectivity index (χ1) is 8.16. The number of rotatable bonds is 1. The molecule has 0 bridgehead atoms. The Morgan fingerprint density at radius 2 is 2.41 bits per heavy atom. The summed E-state index contributed by atoms with van der Waals surface area (Å²) in [6.45, 7) is 1.81. The Bertz CT molecular complexity index is 435. The Kier molecular flexibility index (Phi) is 2.30. The average molecular weight is 236 g/mol. The third-order valence-electron chi connectivity index (χ3n) is 3.13. The van der Waals surface area contributed by atoms with E-state index >= 15 is 0 Å². The zero-order chi connectivity index (χ0) is 12.0. The number of hydrogen-bond donors (Lipinski definition) is 1. The summed E-state index contributed by atoms with van der Waals surface area (Å²) in [4.78, 5) is 24.9. The lowest BCUT2D eigenvalue weighted by Crippen LogP contribution is -2.42. The normalized spacial score (nSPS) is 39.8. The molecule has 3 aliphatic heterocycles. The minimum absolute atomic E-state index is 0.221. The zero-order valence-corrected chi connectivity index (χ0v) is 9.22. The van der Waals surface area contributed by atoms with E-state index in [2.05, 4.69) is 15.0 Å². The lowest BCUT2D eigenvalue weighted by atomic mass is 10.2. The molecule has 1 fully saturated rings. The first-order valence-corrected chi connectivity index (χ1v) is 5.46. The van der Waals surface area contributed by atoms with Crippen molar-refractivity contribution in [3.05, 3.63) is 0 Å². The zero-order valence-electron chi connectivity index (χ0n) is 9.22. The fourth-order valence-electron chi connectivity index (χ4n) is 2.13. The van der Waals surface area contributed by atoms with Crippen molar-refractivity contribution in [2.75, 3.05) is 0 Å². The fraction of sp³-hybridized carbons (Fsp3) is 0.600. The molecule has 1 saturated heterocycles. The molecule has 3 rings (SSSR count).